The summed E-state index contributed by atoms with van der Waals surface area (Å²) in [7, 11) is 2.20. The van der Waals surface area contributed by atoms with Crippen LogP contribution >= 0.6 is 0 Å². The van der Waals surface area contributed by atoms with Crippen molar-refractivity contribution < 1.29 is 5.11 Å². The lowest BCUT2D eigenvalue weighted by Crippen LogP contribution is -2.30. The molecule has 5 nitrogen and oxygen atoms in total. The van der Waals surface area contributed by atoms with Gasteiger partial charge in [-0.25, -0.2) is 9.97 Å². The van der Waals surface area contributed by atoms with E-state index in [1.54, 1.807) is 6.20 Å². The number of nitrogens with one attached hydrogen (secondary N) is 1. The fourth-order valence-corrected chi connectivity index (χ4v) is 2.67. The Morgan fingerprint density at radius 3 is 2.80 bits per heavy atom. The first-order valence-corrected chi connectivity index (χ1v) is 7.55. The van der Waals surface area contributed by atoms with Crippen molar-refractivity contribution in [1.29, 1.82) is 0 Å². The topological polar surface area (TPSA) is 61.3 Å². The lowest BCUT2D eigenvalue weighted by atomic mass is 9.92. The van der Waals surface area contributed by atoms with Crippen molar-refractivity contribution in [1.82, 2.24) is 14.9 Å². The number of nitrogens with zero attached hydrogens (tertiary/aromatic N) is 3. The number of aromatic nitrogens is 2. The van der Waals surface area contributed by atoms with Crippen LogP contribution in [-0.2, 0) is 6.61 Å². The van der Waals surface area contributed by atoms with Gasteiger partial charge in [-0.05, 0) is 58.7 Å². The number of hydrogen-bond donors (Lipinski definition) is 2. The second kappa shape index (κ2) is 7.55. The molecule has 1 aromatic rings. The zero-order valence-corrected chi connectivity index (χ0v) is 12.6. The number of anilines is 1. The standard InChI is InChI=1S/C15H26N4O/c1-12-14(11-20)10-17-15(18-12)16-7-3-4-13-5-8-19(2)9-6-13/h10,13,20H,3-9,11H2,1-2H3,(H,16,17,18). The SMILES string of the molecule is Cc1nc(NCCCC2CCN(C)CC2)ncc1CO. The number of piperidine rings is 1. The molecule has 1 fully saturated rings. The molecule has 0 saturated carbocycles. The molecule has 2 N–H and O–H groups in total. The summed E-state index contributed by atoms with van der Waals surface area (Å²) >= 11 is 0. The molecular weight excluding hydrogens is 252 g/mol. The number of rotatable bonds is 6. The highest BCUT2D eigenvalue weighted by molar-refractivity contribution is 5.28. The molecule has 0 amide bonds. The summed E-state index contributed by atoms with van der Waals surface area (Å²) in [5, 5.41) is 12.4. The van der Waals surface area contributed by atoms with Gasteiger partial charge in [0.05, 0.1) is 6.61 Å². The summed E-state index contributed by atoms with van der Waals surface area (Å²) in [6, 6.07) is 0. The molecular formula is C15H26N4O. The third-order valence-electron chi connectivity index (χ3n) is 4.16. The highest BCUT2D eigenvalue weighted by atomic mass is 16.3. The van der Waals surface area contributed by atoms with Gasteiger partial charge in [-0.2, -0.15) is 0 Å². The first kappa shape index (κ1) is 15.2. The zero-order chi connectivity index (χ0) is 14.4. The molecule has 0 spiro atoms. The maximum atomic E-state index is 9.08. The van der Waals surface area contributed by atoms with Crippen LogP contribution in [0, 0.1) is 12.8 Å². The molecule has 1 aliphatic rings. The van der Waals surface area contributed by atoms with Gasteiger partial charge in [0.25, 0.3) is 0 Å². The average Bonchev–Trinajstić information content (AvgIpc) is 2.46. The van der Waals surface area contributed by atoms with Gasteiger partial charge < -0.3 is 15.3 Å². The number of aryl methyl sites for hydroxylation is 1. The molecule has 0 atom stereocenters. The van der Waals surface area contributed by atoms with Crippen LogP contribution in [-0.4, -0.2) is 46.7 Å². The Labute approximate surface area is 121 Å². The molecule has 0 bridgehead atoms. The summed E-state index contributed by atoms with van der Waals surface area (Å²) in [6.07, 6.45) is 6.81. The molecule has 0 aliphatic carbocycles. The summed E-state index contributed by atoms with van der Waals surface area (Å²) < 4.78 is 0. The first-order chi connectivity index (χ1) is 9.69. The van der Waals surface area contributed by atoms with E-state index in [1.807, 2.05) is 6.92 Å². The Kier molecular flexibility index (Phi) is 5.73. The summed E-state index contributed by atoms with van der Waals surface area (Å²) in [4.78, 5) is 11.0. The molecule has 5 heteroatoms. The maximum absolute atomic E-state index is 9.08. The molecule has 1 aliphatic heterocycles. The van der Waals surface area contributed by atoms with E-state index in [0.717, 1.165) is 23.7 Å². The van der Waals surface area contributed by atoms with Gasteiger partial charge >= 0.3 is 0 Å². The van der Waals surface area contributed by atoms with Gasteiger partial charge in [0.15, 0.2) is 0 Å². The average molecular weight is 278 g/mol. The second-order valence-corrected chi connectivity index (χ2v) is 5.78. The largest absolute Gasteiger partial charge is 0.392 e. The van der Waals surface area contributed by atoms with E-state index in [-0.39, 0.29) is 6.61 Å². The molecule has 0 radical (unpaired) electrons. The van der Waals surface area contributed by atoms with Crippen molar-refractivity contribution >= 4 is 5.95 Å². The smallest absolute Gasteiger partial charge is 0.222 e. The Bertz CT molecular complexity index is 416. The van der Waals surface area contributed by atoms with Gasteiger partial charge in [-0.15, -0.1) is 0 Å². The van der Waals surface area contributed by atoms with Crippen LogP contribution in [0.4, 0.5) is 5.95 Å². The third-order valence-corrected chi connectivity index (χ3v) is 4.16. The molecule has 20 heavy (non-hydrogen) atoms. The van der Waals surface area contributed by atoms with Crippen molar-refractivity contribution in [3.05, 3.63) is 17.5 Å². The lowest BCUT2D eigenvalue weighted by Gasteiger charge is -2.28. The number of likely N-dealkylation sites (tertiary alicyclic amines) is 1. The molecule has 0 aromatic carbocycles. The minimum atomic E-state index is 0.00222. The summed E-state index contributed by atoms with van der Waals surface area (Å²) in [5.41, 5.74) is 1.64. The van der Waals surface area contributed by atoms with E-state index in [1.165, 1.54) is 38.8 Å². The minimum Gasteiger partial charge on any atom is -0.392 e. The normalized spacial score (nSPS) is 17.4. The van der Waals surface area contributed by atoms with Crippen LogP contribution in [0.1, 0.15) is 36.9 Å². The Balaban J connectivity index is 1.67. The molecule has 0 unspecified atom stereocenters. The number of aliphatic hydroxyl groups is 1. The molecule has 112 valence electrons. The van der Waals surface area contributed by atoms with Crippen molar-refractivity contribution in [2.75, 3.05) is 32.0 Å². The van der Waals surface area contributed by atoms with Crippen molar-refractivity contribution in [2.45, 2.75) is 39.2 Å². The van der Waals surface area contributed by atoms with Crippen LogP contribution in [0.3, 0.4) is 0 Å². The predicted octanol–water partition coefficient (Wildman–Crippen LogP) is 1.81. The fourth-order valence-electron chi connectivity index (χ4n) is 2.67. The van der Waals surface area contributed by atoms with Gasteiger partial charge in [-0.1, -0.05) is 0 Å². The second-order valence-electron chi connectivity index (χ2n) is 5.78. The van der Waals surface area contributed by atoms with E-state index in [4.69, 9.17) is 5.11 Å². The first-order valence-electron chi connectivity index (χ1n) is 7.55. The lowest BCUT2D eigenvalue weighted by molar-refractivity contribution is 0.211. The molecule has 2 rings (SSSR count). The van der Waals surface area contributed by atoms with E-state index in [2.05, 4.69) is 27.2 Å². The quantitative estimate of drug-likeness (QED) is 0.777. The van der Waals surface area contributed by atoms with E-state index < -0.39 is 0 Å². The van der Waals surface area contributed by atoms with E-state index in [9.17, 15) is 0 Å². The van der Waals surface area contributed by atoms with E-state index in [0.29, 0.717) is 5.95 Å². The monoisotopic (exact) mass is 278 g/mol. The van der Waals surface area contributed by atoms with Gasteiger partial charge in [-0.3, -0.25) is 0 Å². The fraction of sp³-hybridized carbons (Fsp3) is 0.733. The van der Waals surface area contributed by atoms with E-state index >= 15 is 0 Å². The van der Waals surface area contributed by atoms with Crippen molar-refractivity contribution in [3.8, 4) is 0 Å². The predicted molar refractivity (Wildman–Crippen MR) is 80.6 cm³/mol. The van der Waals surface area contributed by atoms with Gasteiger partial charge in [0, 0.05) is 24.0 Å². The van der Waals surface area contributed by atoms with Crippen LogP contribution in [0.15, 0.2) is 6.20 Å². The minimum absolute atomic E-state index is 0.00222. The van der Waals surface area contributed by atoms with Gasteiger partial charge in [0.1, 0.15) is 0 Å². The Morgan fingerprint density at radius 2 is 2.15 bits per heavy atom. The Hall–Kier alpha value is -1.20. The highest BCUT2D eigenvalue weighted by Crippen LogP contribution is 2.20. The maximum Gasteiger partial charge on any atom is 0.222 e. The van der Waals surface area contributed by atoms with Gasteiger partial charge in [0.2, 0.25) is 5.95 Å². The molecule has 1 aromatic heterocycles. The zero-order valence-electron chi connectivity index (χ0n) is 12.6. The third kappa shape index (κ3) is 4.42. The van der Waals surface area contributed by atoms with Crippen molar-refractivity contribution in [2.24, 2.45) is 5.92 Å². The van der Waals surface area contributed by atoms with Crippen molar-refractivity contribution in [3.63, 3.8) is 0 Å². The highest BCUT2D eigenvalue weighted by Gasteiger charge is 2.15. The molecule has 1 saturated heterocycles. The summed E-state index contributed by atoms with van der Waals surface area (Å²) in [6.45, 7) is 5.30. The summed E-state index contributed by atoms with van der Waals surface area (Å²) in [5.74, 6) is 1.55. The Morgan fingerprint density at radius 1 is 1.40 bits per heavy atom. The van der Waals surface area contributed by atoms with Crippen LogP contribution in [0.25, 0.3) is 0 Å². The van der Waals surface area contributed by atoms with Crippen LogP contribution in [0.2, 0.25) is 0 Å². The van der Waals surface area contributed by atoms with Crippen LogP contribution < -0.4 is 5.32 Å². The molecule has 2 heterocycles. The number of aliphatic hydroxyl groups excluding tert-OH is 1. The number of hydrogen-bond acceptors (Lipinski definition) is 5. The van der Waals surface area contributed by atoms with Crippen LogP contribution in [0.5, 0.6) is 0 Å².